The molecule has 0 atom stereocenters. The lowest BCUT2D eigenvalue weighted by Crippen LogP contribution is -2.52. The zero-order valence-corrected chi connectivity index (χ0v) is 16.2. The predicted octanol–water partition coefficient (Wildman–Crippen LogP) is 3.85. The van der Waals surface area contributed by atoms with Crippen molar-refractivity contribution in [2.75, 3.05) is 31.6 Å². The molecular weight excluding hydrogens is 382 g/mol. The molecule has 2 aliphatic heterocycles. The molecule has 5 rings (SSSR count). The molecule has 1 saturated carbocycles. The number of carbonyl (C=O) groups excluding carboxylic acids is 2. The number of anilines is 1. The standard InChI is InChI=1S/C20H22ClN3O4/c21-13-10-12-11-14(18(25)24-6-8-27-9-7-24)28-17(12)15-16(13)22-19(26)23-20(15)4-2-1-3-5-20/h10-11H,1-9H2,(H2,22,23,26). The van der Waals surface area contributed by atoms with E-state index in [0.29, 0.717) is 48.4 Å². The topological polar surface area (TPSA) is 83.8 Å². The second-order valence-electron chi connectivity index (χ2n) is 7.76. The van der Waals surface area contributed by atoms with Crippen LogP contribution in [0.25, 0.3) is 11.0 Å². The number of rotatable bonds is 1. The monoisotopic (exact) mass is 403 g/mol. The van der Waals surface area contributed by atoms with Gasteiger partial charge in [0.1, 0.15) is 5.58 Å². The van der Waals surface area contributed by atoms with Crippen molar-refractivity contribution < 1.29 is 18.7 Å². The Kier molecular flexibility index (Phi) is 4.25. The molecule has 7 nitrogen and oxygen atoms in total. The van der Waals surface area contributed by atoms with Crippen LogP contribution in [0.15, 0.2) is 16.5 Å². The molecule has 1 aliphatic carbocycles. The molecule has 1 saturated heterocycles. The van der Waals surface area contributed by atoms with Crippen LogP contribution >= 0.6 is 11.6 Å². The first-order valence-corrected chi connectivity index (χ1v) is 10.2. The van der Waals surface area contributed by atoms with Gasteiger partial charge in [0.25, 0.3) is 5.91 Å². The Morgan fingerprint density at radius 1 is 1.14 bits per heavy atom. The molecular formula is C20H22ClN3O4. The maximum atomic E-state index is 12.9. The summed E-state index contributed by atoms with van der Waals surface area (Å²) >= 11 is 6.53. The first-order chi connectivity index (χ1) is 13.6. The van der Waals surface area contributed by atoms with Crippen LogP contribution in [0.1, 0.15) is 48.2 Å². The number of halogens is 1. The minimum Gasteiger partial charge on any atom is -0.450 e. The molecule has 2 N–H and O–H groups in total. The first-order valence-electron chi connectivity index (χ1n) is 9.80. The molecule has 1 aromatic heterocycles. The molecule has 0 bridgehead atoms. The zero-order valence-electron chi connectivity index (χ0n) is 15.5. The lowest BCUT2D eigenvalue weighted by Gasteiger charge is -2.42. The molecule has 3 aliphatic rings. The van der Waals surface area contributed by atoms with E-state index < -0.39 is 5.54 Å². The van der Waals surface area contributed by atoms with Crippen molar-refractivity contribution in [2.45, 2.75) is 37.6 Å². The fourth-order valence-electron chi connectivity index (χ4n) is 4.71. The Morgan fingerprint density at radius 3 is 2.64 bits per heavy atom. The fourth-order valence-corrected chi connectivity index (χ4v) is 4.97. The summed E-state index contributed by atoms with van der Waals surface area (Å²) in [4.78, 5) is 27.0. The van der Waals surface area contributed by atoms with E-state index in [1.165, 1.54) is 0 Å². The summed E-state index contributed by atoms with van der Waals surface area (Å²) < 4.78 is 11.4. The third-order valence-corrected chi connectivity index (χ3v) is 6.34. The molecule has 8 heteroatoms. The molecule has 0 radical (unpaired) electrons. The van der Waals surface area contributed by atoms with E-state index >= 15 is 0 Å². The summed E-state index contributed by atoms with van der Waals surface area (Å²) in [6, 6.07) is 3.27. The summed E-state index contributed by atoms with van der Waals surface area (Å²) in [6.07, 6.45) is 4.84. The number of ether oxygens (including phenoxy) is 1. The Balaban J connectivity index is 1.65. The molecule has 0 unspecified atom stereocenters. The van der Waals surface area contributed by atoms with Crippen LogP contribution in [0.2, 0.25) is 5.02 Å². The second kappa shape index (κ2) is 6.67. The van der Waals surface area contributed by atoms with Crippen molar-refractivity contribution in [3.05, 3.63) is 28.5 Å². The highest BCUT2D eigenvalue weighted by molar-refractivity contribution is 6.35. The van der Waals surface area contributed by atoms with Gasteiger partial charge in [-0.15, -0.1) is 0 Å². The lowest BCUT2D eigenvalue weighted by molar-refractivity contribution is 0.0284. The average molecular weight is 404 g/mol. The van der Waals surface area contributed by atoms with E-state index in [9.17, 15) is 9.59 Å². The Morgan fingerprint density at radius 2 is 1.89 bits per heavy atom. The highest BCUT2D eigenvalue weighted by atomic mass is 35.5. The number of hydrogen-bond acceptors (Lipinski definition) is 4. The maximum absolute atomic E-state index is 12.9. The minimum atomic E-state index is -0.504. The number of nitrogens with zero attached hydrogens (tertiary/aromatic N) is 1. The molecule has 3 amide bonds. The normalized spacial score (nSPS) is 21.3. The second-order valence-corrected chi connectivity index (χ2v) is 8.17. The van der Waals surface area contributed by atoms with Crippen LogP contribution in [-0.4, -0.2) is 43.1 Å². The van der Waals surface area contributed by atoms with Crippen LogP contribution in [0.4, 0.5) is 10.5 Å². The maximum Gasteiger partial charge on any atom is 0.319 e. The van der Waals surface area contributed by atoms with Crippen LogP contribution < -0.4 is 10.6 Å². The number of fused-ring (bicyclic) bond motifs is 4. The summed E-state index contributed by atoms with van der Waals surface area (Å²) in [5.41, 5.74) is 1.59. The van der Waals surface area contributed by atoms with Crippen molar-refractivity contribution >= 4 is 40.2 Å². The lowest BCUT2D eigenvalue weighted by atomic mass is 9.74. The van der Waals surface area contributed by atoms with Gasteiger partial charge in [-0.05, 0) is 25.0 Å². The number of hydrogen-bond donors (Lipinski definition) is 2. The predicted molar refractivity (Wildman–Crippen MR) is 105 cm³/mol. The fraction of sp³-hybridized carbons (Fsp3) is 0.500. The number of nitrogens with one attached hydrogen (secondary N) is 2. The smallest absolute Gasteiger partial charge is 0.319 e. The van der Waals surface area contributed by atoms with E-state index in [1.807, 2.05) is 0 Å². The van der Waals surface area contributed by atoms with Gasteiger partial charge in [-0.25, -0.2) is 4.79 Å². The number of furan rings is 1. The van der Waals surface area contributed by atoms with Gasteiger partial charge >= 0.3 is 6.03 Å². The van der Waals surface area contributed by atoms with Crippen LogP contribution in [0, 0.1) is 0 Å². The van der Waals surface area contributed by atoms with Gasteiger partial charge in [0.15, 0.2) is 5.76 Å². The number of benzene rings is 1. The van der Waals surface area contributed by atoms with Gasteiger partial charge in [-0.3, -0.25) is 4.79 Å². The molecule has 28 heavy (non-hydrogen) atoms. The SMILES string of the molecule is O=C1Nc2c(Cl)cc3cc(C(=O)N4CCOCC4)oc3c2C2(CCCCC2)N1. The van der Waals surface area contributed by atoms with Crippen molar-refractivity contribution in [3.63, 3.8) is 0 Å². The van der Waals surface area contributed by atoms with Gasteiger partial charge in [0.2, 0.25) is 0 Å². The van der Waals surface area contributed by atoms with Gasteiger partial charge in [-0.1, -0.05) is 30.9 Å². The van der Waals surface area contributed by atoms with E-state index in [4.69, 9.17) is 20.8 Å². The minimum absolute atomic E-state index is 0.144. The molecule has 3 heterocycles. The highest BCUT2D eigenvalue weighted by Crippen LogP contribution is 2.49. The third-order valence-electron chi connectivity index (χ3n) is 6.05. The zero-order chi connectivity index (χ0) is 19.3. The van der Waals surface area contributed by atoms with E-state index in [2.05, 4.69) is 10.6 Å². The van der Waals surface area contributed by atoms with Gasteiger partial charge < -0.3 is 24.7 Å². The summed E-state index contributed by atoms with van der Waals surface area (Å²) in [7, 11) is 0. The van der Waals surface area contributed by atoms with E-state index in [1.54, 1.807) is 17.0 Å². The van der Waals surface area contributed by atoms with Gasteiger partial charge in [0, 0.05) is 24.0 Å². The van der Waals surface area contributed by atoms with Crippen LogP contribution in [0.5, 0.6) is 0 Å². The Bertz CT molecular complexity index is 958. The first kappa shape index (κ1) is 17.8. The molecule has 2 aromatic rings. The van der Waals surface area contributed by atoms with E-state index in [0.717, 1.165) is 43.1 Å². The van der Waals surface area contributed by atoms with Gasteiger partial charge in [-0.2, -0.15) is 0 Å². The number of amides is 3. The van der Waals surface area contributed by atoms with Crippen molar-refractivity contribution in [1.29, 1.82) is 0 Å². The number of carbonyl (C=O) groups is 2. The van der Waals surface area contributed by atoms with Gasteiger partial charge in [0.05, 0.1) is 29.5 Å². The largest absolute Gasteiger partial charge is 0.450 e. The highest BCUT2D eigenvalue weighted by Gasteiger charge is 2.44. The summed E-state index contributed by atoms with van der Waals surface area (Å²) in [5.74, 6) is 0.152. The molecule has 1 aromatic carbocycles. The molecule has 1 spiro atoms. The van der Waals surface area contributed by atoms with Crippen molar-refractivity contribution in [2.24, 2.45) is 0 Å². The van der Waals surface area contributed by atoms with Crippen LogP contribution in [0.3, 0.4) is 0 Å². The quantitative estimate of drug-likeness (QED) is 0.757. The third kappa shape index (κ3) is 2.76. The summed E-state index contributed by atoms with van der Waals surface area (Å²) in [6.45, 7) is 2.17. The Labute approximate surface area is 167 Å². The summed E-state index contributed by atoms with van der Waals surface area (Å²) in [5, 5.41) is 7.22. The average Bonchev–Trinajstić information content (AvgIpc) is 3.12. The number of urea groups is 1. The van der Waals surface area contributed by atoms with Crippen LogP contribution in [-0.2, 0) is 10.3 Å². The molecule has 148 valence electrons. The Hall–Kier alpha value is -2.25. The van der Waals surface area contributed by atoms with Crippen molar-refractivity contribution in [1.82, 2.24) is 10.2 Å². The van der Waals surface area contributed by atoms with E-state index in [-0.39, 0.29) is 11.9 Å². The molecule has 2 fully saturated rings. The number of morpholine rings is 1. The van der Waals surface area contributed by atoms with Crippen molar-refractivity contribution in [3.8, 4) is 0 Å².